The van der Waals surface area contributed by atoms with Crippen molar-refractivity contribution in [2.75, 3.05) is 20.3 Å². The maximum atomic E-state index is 5.70. The number of hydrogen-bond donors (Lipinski definition) is 1. The molecule has 2 rings (SSSR count). The Morgan fingerprint density at radius 2 is 2.11 bits per heavy atom. The summed E-state index contributed by atoms with van der Waals surface area (Å²) in [6.07, 6.45) is 2.34. The van der Waals surface area contributed by atoms with Gasteiger partial charge < -0.3 is 14.8 Å². The Morgan fingerprint density at radius 1 is 1.33 bits per heavy atom. The van der Waals surface area contributed by atoms with Crippen LogP contribution in [-0.4, -0.2) is 20.3 Å². The second-order valence-electron chi connectivity index (χ2n) is 5.11. The topological polar surface area (TPSA) is 30.5 Å². The van der Waals surface area contributed by atoms with Crippen LogP contribution in [0.15, 0.2) is 12.1 Å². The number of ether oxygens (including phenoxy) is 2. The Labute approximate surface area is 109 Å². The number of nitrogens with one attached hydrogen (secondary N) is 1. The summed E-state index contributed by atoms with van der Waals surface area (Å²) in [5.41, 5.74) is 2.33. The molecule has 0 amide bonds. The minimum atomic E-state index is 0.00486. The van der Waals surface area contributed by atoms with Crippen molar-refractivity contribution in [2.45, 2.75) is 39.2 Å². The zero-order valence-corrected chi connectivity index (χ0v) is 11.8. The molecule has 1 aromatic rings. The molecule has 0 aliphatic carbocycles. The lowest BCUT2D eigenvalue weighted by atomic mass is 9.89. The van der Waals surface area contributed by atoms with E-state index in [1.54, 1.807) is 7.11 Å². The van der Waals surface area contributed by atoms with Crippen LogP contribution in [0, 0.1) is 6.92 Å². The average molecular weight is 249 g/mol. The minimum Gasteiger partial charge on any atom is -0.496 e. The summed E-state index contributed by atoms with van der Waals surface area (Å²) >= 11 is 0. The average Bonchev–Trinajstić information content (AvgIpc) is 2.79. The summed E-state index contributed by atoms with van der Waals surface area (Å²) in [6.45, 7) is 8.07. The van der Waals surface area contributed by atoms with Crippen molar-refractivity contribution in [3.63, 3.8) is 0 Å². The SMILES string of the molecule is CCOc1cc(C2(C)CCCN2)c(OC)cc1C. The van der Waals surface area contributed by atoms with Gasteiger partial charge in [-0.1, -0.05) is 0 Å². The zero-order chi connectivity index (χ0) is 13.2. The molecule has 1 atom stereocenters. The van der Waals surface area contributed by atoms with Gasteiger partial charge in [0.05, 0.1) is 13.7 Å². The summed E-state index contributed by atoms with van der Waals surface area (Å²) in [4.78, 5) is 0. The quantitative estimate of drug-likeness (QED) is 0.889. The van der Waals surface area contributed by atoms with Gasteiger partial charge in [-0.2, -0.15) is 0 Å². The van der Waals surface area contributed by atoms with Crippen molar-refractivity contribution in [3.8, 4) is 11.5 Å². The lowest BCUT2D eigenvalue weighted by molar-refractivity contribution is 0.330. The smallest absolute Gasteiger partial charge is 0.124 e. The van der Waals surface area contributed by atoms with Gasteiger partial charge in [-0.15, -0.1) is 0 Å². The Morgan fingerprint density at radius 3 is 2.67 bits per heavy atom. The second-order valence-corrected chi connectivity index (χ2v) is 5.11. The number of benzene rings is 1. The fraction of sp³-hybridized carbons (Fsp3) is 0.600. The van der Waals surface area contributed by atoms with Crippen LogP contribution in [0.5, 0.6) is 11.5 Å². The number of aryl methyl sites for hydroxylation is 1. The minimum absolute atomic E-state index is 0.00486. The first-order chi connectivity index (χ1) is 8.60. The second kappa shape index (κ2) is 5.19. The van der Waals surface area contributed by atoms with E-state index in [2.05, 4.69) is 31.3 Å². The highest BCUT2D eigenvalue weighted by molar-refractivity contribution is 5.49. The van der Waals surface area contributed by atoms with E-state index < -0.39 is 0 Å². The van der Waals surface area contributed by atoms with Crippen molar-refractivity contribution in [2.24, 2.45) is 0 Å². The highest BCUT2D eigenvalue weighted by atomic mass is 16.5. The number of hydrogen-bond acceptors (Lipinski definition) is 3. The van der Waals surface area contributed by atoms with Crippen LogP contribution in [0.4, 0.5) is 0 Å². The number of methoxy groups -OCH3 is 1. The molecule has 0 bridgehead atoms. The molecular formula is C15H23NO2. The molecule has 0 saturated carbocycles. The van der Waals surface area contributed by atoms with Gasteiger partial charge in [-0.25, -0.2) is 0 Å². The Kier molecular flexibility index (Phi) is 3.81. The predicted octanol–water partition coefficient (Wildman–Crippen LogP) is 3.00. The summed E-state index contributed by atoms with van der Waals surface area (Å²) in [5, 5.41) is 3.58. The zero-order valence-electron chi connectivity index (χ0n) is 11.8. The molecule has 1 aliphatic rings. The molecule has 18 heavy (non-hydrogen) atoms. The van der Waals surface area contributed by atoms with Crippen LogP contribution in [0.1, 0.15) is 37.8 Å². The molecule has 1 aromatic carbocycles. The molecule has 1 fully saturated rings. The molecule has 100 valence electrons. The van der Waals surface area contributed by atoms with E-state index >= 15 is 0 Å². The maximum Gasteiger partial charge on any atom is 0.124 e. The summed E-state index contributed by atoms with van der Waals surface area (Å²) in [7, 11) is 1.73. The van der Waals surface area contributed by atoms with E-state index in [0.29, 0.717) is 6.61 Å². The summed E-state index contributed by atoms with van der Waals surface area (Å²) < 4.78 is 11.2. The van der Waals surface area contributed by atoms with Crippen LogP contribution < -0.4 is 14.8 Å². The molecule has 3 nitrogen and oxygen atoms in total. The van der Waals surface area contributed by atoms with Crippen LogP contribution in [0.3, 0.4) is 0 Å². The van der Waals surface area contributed by atoms with Gasteiger partial charge in [-0.05, 0) is 57.9 Å². The van der Waals surface area contributed by atoms with Crippen molar-refractivity contribution in [1.29, 1.82) is 0 Å². The number of rotatable bonds is 4. The molecule has 1 N–H and O–H groups in total. The largest absolute Gasteiger partial charge is 0.496 e. The van der Waals surface area contributed by atoms with Crippen molar-refractivity contribution >= 4 is 0 Å². The van der Waals surface area contributed by atoms with E-state index in [1.165, 1.54) is 12.0 Å². The van der Waals surface area contributed by atoms with Crippen LogP contribution in [0.2, 0.25) is 0 Å². The molecule has 0 spiro atoms. The van der Waals surface area contributed by atoms with Gasteiger partial charge in [0.1, 0.15) is 11.5 Å². The molecule has 0 aromatic heterocycles. The molecule has 1 saturated heterocycles. The van der Waals surface area contributed by atoms with Gasteiger partial charge in [0.2, 0.25) is 0 Å². The third kappa shape index (κ3) is 2.32. The van der Waals surface area contributed by atoms with Crippen LogP contribution >= 0.6 is 0 Å². The first-order valence-corrected chi connectivity index (χ1v) is 6.67. The molecule has 1 heterocycles. The van der Waals surface area contributed by atoms with E-state index in [1.807, 2.05) is 6.92 Å². The molecule has 3 heteroatoms. The van der Waals surface area contributed by atoms with Crippen molar-refractivity contribution in [1.82, 2.24) is 5.32 Å². The van der Waals surface area contributed by atoms with Gasteiger partial charge in [0.25, 0.3) is 0 Å². The predicted molar refractivity (Wildman–Crippen MR) is 73.5 cm³/mol. The highest BCUT2D eigenvalue weighted by Crippen LogP contribution is 2.39. The van der Waals surface area contributed by atoms with Crippen LogP contribution in [-0.2, 0) is 5.54 Å². The first kappa shape index (κ1) is 13.2. The highest BCUT2D eigenvalue weighted by Gasteiger charge is 2.33. The third-order valence-electron chi connectivity index (χ3n) is 3.76. The molecule has 1 aliphatic heterocycles. The standard InChI is InChI=1S/C15H23NO2/c1-5-18-13-10-12(14(17-4)9-11(13)2)15(3)7-6-8-16-15/h9-10,16H,5-8H2,1-4H3. The van der Waals surface area contributed by atoms with Gasteiger partial charge in [0, 0.05) is 11.1 Å². The van der Waals surface area contributed by atoms with Crippen LogP contribution in [0.25, 0.3) is 0 Å². The van der Waals surface area contributed by atoms with Crippen molar-refractivity contribution < 1.29 is 9.47 Å². The third-order valence-corrected chi connectivity index (χ3v) is 3.76. The first-order valence-electron chi connectivity index (χ1n) is 6.67. The fourth-order valence-corrected chi connectivity index (χ4v) is 2.70. The molecule has 0 radical (unpaired) electrons. The maximum absolute atomic E-state index is 5.70. The van der Waals surface area contributed by atoms with Crippen molar-refractivity contribution in [3.05, 3.63) is 23.3 Å². The Balaban J connectivity index is 2.46. The van der Waals surface area contributed by atoms with E-state index in [4.69, 9.17) is 9.47 Å². The van der Waals surface area contributed by atoms with Gasteiger partial charge >= 0.3 is 0 Å². The Hall–Kier alpha value is -1.22. The lowest BCUT2D eigenvalue weighted by Crippen LogP contribution is -2.33. The summed E-state index contributed by atoms with van der Waals surface area (Å²) in [5.74, 6) is 1.91. The van der Waals surface area contributed by atoms with Gasteiger partial charge in [0.15, 0.2) is 0 Å². The van der Waals surface area contributed by atoms with E-state index in [-0.39, 0.29) is 5.54 Å². The molecular weight excluding hydrogens is 226 g/mol. The normalized spacial score (nSPS) is 23.1. The van der Waals surface area contributed by atoms with Gasteiger partial charge in [-0.3, -0.25) is 0 Å². The lowest BCUT2D eigenvalue weighted by Gasteiger charge is -2.28. The van der Waals surface area contributed by atoms with E-state index in [0.717, 1.165) is 30.0 Å². The summed E-state index contributed by atoms with van der Waals surface area (Å²) in [6, 6.07) is 4.21. The van der Waals surface area contributed by atoms with E-state index in [9.17, 15) is 0 Å². The monoisotopic (exact) mass is 249 g/mol. The Bertz CT molecular complexity index is 423. The fourth-order valence-electron chi connectivity index (χ4n) is 2.70. The molecule has 1 unspecified atom stereocenters.